The van der Waals surface area contributed by atoms with Crippen molar-refractivity contribution in [2.24, 2.45) is 0 Å². The van der Waals surface area contributed by atoms with E-state index in [0.717, 1.165) is 16.7 Å². The minimum atomic E-state index is -3.29. The molecule has 98 valence electrons. The first-order chi connectivity index (χ1) is 8.40. The molecule has 0 aliphatic rings. The highest BCUT2D eigenvalue weighted by Gasteiger charge is 2.10. The Morgan fingerprint density at radius 3 is 2.89 bits per heavy atom. The van der Waals surface area contributed by atoms with Crippen LogP contribution in [-0.4, -0.2) is 38.0 Å². The standard InChI is InChI=1S/C11H13NO4S2/c1-18(15,16)8-11(14)12-6-10-5-9(7-17-10)3-2-4-13/h5,7,13H,4,6,8H2,1H3,(H,12,14). The van der Waals surface area contributed by atoms with Crippen molar-refractivity contribution in [3.05, 3.63) is 21.9 Å². The molecule has 18 heavy (non-hydrogen) atoms. The van der Waals surface area contributed by atoms with E-state index in [4.69, 9.17) is 5.11 Å². The predicted octanol–water partition coefficient (Wildman–Crippen LogP) is -0.247. The fraction of sp³-hybridized carbons (Fsp3) is 0.364. The normalized spacial score (nSPS) is 10.6. The van der Waals surface area contributed by atoms with Crippen molar-refractivity contribution in [2.75, 3.05) is 18.6 Å². The lowest BCUT2D eigenvalue weighted by atomic mass is 10.3. The summed E-state index contributed by atoms with van der Waals surface area (Å²) in [6.07, 6.45) is 1.01. The van der Waals surface area contributed by atoms with Crippen molar-refractivity contribution < 1.29 is 18.3 Å². The summed E-state index contributed by atoms with van der Waals surface area (Å²) in [7, 11) is -3.29. The summed E-state index contributed by atoms with van der Waals surface area (Å²) in [6, 6.07) is 1.79. The van der Waals surface area contributed by atoms with Crippen molar-refractivity contribution in [1.82, 2.24) is 5.32 Å². The second kappa shape index (κ2) is 6.54. The van der Waals surface area contributed by atoms with Crippen LogP contribution in [0.5, 0.6) is 0 Å². The monoisotopic (exact) mass is 287 g/mol. The number of rotatable bonds is 4. The lowest BCUT2D eigenvalue weighted by Crippen LogP contribution is -2.29. The van der Waals surface area contributed by atoms with Crippen LogP contribution in [0.1, 0.15) is 10.4 Å². The molecule has 0 atom stereocenters. The third-order valence-corrected chi connectivity index (χ3v) is 3.54. The molecular weight excluding hydrogens is 274 g/mol. The smallest absolute Gasteiger partial charge is 0.235 e. The molecule has 0 bridgehead atoms. The molecule has 7 heteroatoms. The minimum Gasteiger partial charge on any atom is -0.384 e. The molecule has 1 aromatic rings. The molecule has 0 radical (unpaired) electrons. The van der Waals surface area contributed by atoms with E-state index in [0.29, 0.717) is 0 Å². The number of carbonyl (C=O) groups excluding carboxylic acids is 1. The number of nitrogens with one attached hydrogen (secondary N) is 1. The lowest BCUT2D eigenvalue weighted by Gasteiger charge is -2.01. The van der Waals surface area contributed by atoms with Gasteiger partial charge in [0.2, 0.25) is 5.91 Å². The zero-order valence-electron chi connectivity index (χ0n) is 9.76. The van der Waals surface area contributed by atoms with Gasteiger partial charge in [0.1, 0.15) is 12.4 Å². The molecule has 1 rings (SSSR count). The molecule has 1 amide bonds. The summed E-state index contributed by atoms with van der Waals surface area (Å²) in [5, 5.41) is 12.9. The van der Waals surface area contributed by atoms with Crippen molar-refractivity contribution >= 4 is 27.1 Å². The Morgan fingerprint density at radius 2 is 2.28 bits per heavy atom. The van der Waals surface area contributed by atoms with Crippen LogP contribution >= 0.6 is 11.3 Å². The maximum absolute atomic E-state index is 11.3. The van der Waals surface area contributed by atoms with Crippen molar-refractivity contribution in [1.29, 1.82) is 0 Å². The Hall–Kier alpha value is -1.36. The molecule has 0 saturated carbocycles. The quantitative estimate of drug-likeness (QED) is 0.748. The second-order valence-corrected chi connectivity index (χ2v) is 6.74. The van der Waals surface area contributed by atoms with Crippen molar-refractivity contribution in [3.63, 3.8) is 0 Å². The molecule has 1 heterocycles. The molecule has 0 fully saturated rings. The zero-order chi connectivity index (χ0) is 13.6. The third-order valence-electron chi connectivity index (χ3n) is 1.82. The Morgan fingerprint density at radius 1 is 1.56 bits per heavy atom. The van der Waals surface area contributed by atoms with Crippen LogP contribution in [0.25, 0.3) is 0 Å². The topological polar surface area (TPSA) is 83.5 Å². The Bertz CT molecular complexity index is 578. The van der Waals surface area contributed by atoms with Gasteiger partial charge < -0.3 is 10.4 Å². The van der Waals surface area contributed by atoms with E-state index in [1.165, 1.54) is 11.3 Å². The van der Waals surface area contributed by atoms with Crippen LogP contribution in [0.3, 0.4) is 0 Å². The Balaban J connectivity index is 2.49. The van der Waals surface area contributed by atoms with Gasteiger partial charge in [0.25, 0.3) is 0 Å². The van der Waals surface area contributed by atoms with Gasteiger partial charge in [0.05, 0.1) is 6.54 Å². The number of thiophene rings is 1. The number of aliphatic hydroxyl groups is 1. The van der Waals surface area contributed by atoms with Crippen LogP contribution in [0.2, 0.25) is 0 Å². The van der Waals surface area contributed by atoms with Gasteiger partial charge in [0, 0.05) is 22.1 Å². The van der Waals surface area contributed by atoms with Crippen molar-refractivity contribution in [3.8, 4) is 11.8 Å². The maximum Gasteiger partial charge on any atom is 0.235 e. The van der Waals surface area contributed by atoms with Gasteiger partial charge >= 0.3 is 0 Å². The molecule has 2 N–H and O–H groups in total. The summed E-state index contributed by atoms with van der Waals surface area (Å²) in [4.78, 5) is 12.1. The van der Waals surface area contributed by atoms with Gasteiger partial charge in [-0.2, -0.15) is 0 Å². The molecule has 1 aromatic heterocycles. The largest absolute Gasteiger partial charge is 0.384 e. The maximum atomic E-state index is 11.3. The van der Waals surface area contributed by atoms with Crippen LogP contribution in [0.15, 0.2) is 11.4 Å². The zero-order valence-corrected chi connectivity index (χ0v) is 11.4. The van der Waals surface area contributed by atoms with Gasteiger partial charge in [-0.25, -0.2) is 8.42 Å². The minimum absolute atomic E-state index is 0.198. The van der Waals surface area contributed by atoms with E-state index in [-0.39, 0.29) is 13.2 Å². The van der Waals surface area contributed by atoms with Gasteiger partial charge in [-0.3, -0.25) is 4.79 Å². The van der Waals surface area contributed by atoms with Gasteiger partial charge in [0.15, 0.2) is 9.84 Å². The number of aliphatic hydroxyl groups excluding tert-OH is 1. The first-order valence-electron chi connectivity index (χ1n) is 5.02. The van der Waals surface area contributed by atoms with E-state index in [1.54, 1.807) is 11.4 Å². The molecule has 0 saturated heterocycles. The van der Waals surface area contributed by atoms with E-state index in [1.807, 2.05) is 0 Å². The summed E-state index contributed by atoms with van der Waals surface area (Å²) >= 11 is 1.41. The van der Waals surface area contributed by atoms with E-state index < -0.39 is 21.5 Å². The summed E-state index contributed by atoms with van der Waals surface area (Å²) < 4.78 is 21.8. The van der Waals surface area contributed by atoms with Gasteiger partial charge in [-0.1, -0.05) is 11.8 Å². The fourth-order valence-electron chi connectivity index (χ4n) is 1.16. The molecule has 0 aliphatic carbocycles. The average Bonchev–Trinajstić information content (AvgIpc) is 2.69. The molecule has 0 spiro atoms. The first kappa shape index (κ1) is 14.7. The van der Waals surface area contributed by atoms with Crippen LogP contribution in [0, 0.1) is 11.8 Å². The number of hydrogen-bond acceptors (Lipinski definition) is 5. The average molecular weight is 287 g/mol. The third kappa shape index (κ3) is 5.82. The Labute approximate surface area is 110 Å². The molecule has 5 nitrogen and oxygen atoms in total. The number of amides is 1. The summed E-state index contributed by atoms with van der Waals surface area (Å²) in [5.41, 5.74) is 0.765. The fourth-order valence-corrected chi connectivity index (χ4v) is 2.49. The molecule has 0 unspecified atom stereocenters. The van der Waals surface area contributed by atoms with Crippen LogP contribution in [0.4, 0.5) is 0 Å². The highest BCUT2D eigenvalue weighted by atomic mass is 32.2. The number of sulfone groups is 1. The Kier molecular flexibility index (Phi) is 5.34. The van der Waals surface area contributed by atoms with Crippen LogP contribution < -0.4 is 5.32 Å². The van der Waals surface area contributed by atoms with E-state index in [9.17, 15) is 13.2 Å². The van der Waals surface area contributed by atoms with E-state index >= 15 is 0 Å². The van der Waals surface area contributed by atoms with Crippen molar-refractivity contribution in [2.45, 2.75) is 6.54 Å². The SMILES string of the molecule is CS(=O)(=O)CC(=O)NCc1cc(C#CCO)cs1. The van der Waals surface area contributed by atoms with Crippen LogP contribution in [-0.2, 0) is 21.2 Å². The molecule has 0 aliphatic heterocycles. The van der Waals surface area contributed by atoms with E-state index in [2.05, 4.69) is 17.2 Å². The number of hydrogen-bond donors (Lipinski definition) is 2. The molecule has 0 aromatic carbocycles. The predicted molar refractivity (Wildman–Crippen MR) is 69.8 cm³/mol. The van der Waals surface area contributed by atoms with Gasteiger partial charge in [-0.15, -0.1) is 11.3 Å². The lowest BCUT2D eigenvalue weighted by molar-refractivity contribution is -0.118. The number of carbonyl (C=O) groups is 1. The summed E-state index contributed by atoms with van der Waals surface area (Å²) in [5.74, 6) is 4.24. The first-order valence-corrected chi connectivity index (χ1v) is 7.96. The van der Waals surface area contributed by atoms with Gasteiger partial charge in [-0.05, 0) is 6.07 Å². The second-order valence-electron chi connectivity index (χ2n) is 3.61. The highest BCUT2D eigenvalue weighted by Crippen LogP contribution is 2.13. The molecular formula is C11H13NO4S2. The summed E-state index contributed by atoms with van der Waals surface area (Å²) in [6.45, 7) is 0.0795. The highest BCUT2D eigenvalue weighted by molar-refractivity contribution is 7.91.